The van der Waals surface area contributed by atoms with Crippen LogP contribution in [0.1, 0.15) is 47.2 Å². The minimum Gasteiger partial charge on any atom is -0.496 e. The normalized spacial score (nSPS) is 16.6. The van der Waals surface area contributed by atoms with Crippen molar-refractivity contribution >= 4 is 33.2 Å². The van der Waals surface area contributed by atoms with Gasteiger partial charge in [0.25, 0.3) is 0 Å². The van der Waals surface area contributed by atoms with Gasteiger partial charge in [-0.1, -0.05) is 18.2 Å². The Morgan fingerprint density at radius 3 is 2.12 bits per heavy atom. The highest BCUT2D eigenvalue weighted by Gasteiger charge is 2.32. The Labute approximate surface area is 309 Å². The third kappa shape index (κ3) is 7.48. The third-order valence-corrected chi connectivity index (χ3v) is 11.0. The summed E-state index contributed by atoms with van der Waals surface area (Å²) in [5.74, 6) is 2.87. The van der Waals surface area contributed by atoms with E-state index in [1.165, 1.54) is 4.70 Å². The predicted octanol–water partition coefficient (Wildman–Crippen LogP) is 7.59. The molecule has 7 rings (SSSR count). The molecule has 11 heteroatoms. The first kappa shape index (κ1) is 35.4. The topological polar surface area (TPSA) is 89.0 Å². The van der Waals surface area contributed by atoms with Crippen LogP contribution in [0.25, 0.3) is 20.8 Å². The van der Waals surface area contributed by atoms with Crippen LogP contribution in [0.5, 0.6) is 23.0 Å². The van der Waals surface area contributed by atoms with Crippen LogP contribution in [0.15, 0.2) is 77.9 Å². The van der Waals surface area contributed by atoms with Gasteiger partial charge < -0.3 is 18.9 Å². The number of carbonyl (C=O) groups excluding carboxylic acids is 1. The van der Waals surface area contributed by atoms with E-state index in [-0.39, 0.29) is 11.9 Å². The molecule has 270 valence electrons. The first-order valence-corrected chi connectivity index (χ1v) is 18.4. The number of carbonyl (C=O) groups is 1. The fraction of sp³-hybridized carbons (Fsp3) is 0.341. The molecule has 4 aromatic carbocycles. The maximum atomic E-state index is 12.8. The van der Waals surface area contributed by atoms with Crippen molar-refractivity contribution in [1.29, 1.82) is 0 Å². The summed E-state index contributed by atoms with van der Waals surface area (Å²) in [6.07, 6.45) is 0.577. The Bertz CT molecular complexity index is 2090. The number of rotatable bonds is 11. The van der Waals surface area contributed by atoms with Crippen LogP contribution in [0.3, 0.4) is 0 Å². The van der Waals surface area contributed by atoms with Gasteiger partial charge in [-0.15, -0.1) is 11.3 Å². The smallest absolute Gasteiger partial charge is 0.240 e. The van der Waals surface area contributed by atoms with Gasteiger partial charge in [0.1, 0.15) is 30.0 Å². The average molecular weight is 720 g/mol. The van der Waals surface area contributed by atoms with Gasteiger partial charge in [0, 0.05) is 50.7 Å². The van der Waals surface area contributed by atoms with Crippen molar-refractivity contribution in [1.82, 2.24) is 19.8 Å². The van der Waals surface area contributed by atoms with Gasteiger partial charge in [-0.25, -0.2) is 9.99 Å². The second-order valence-electron chi connectivity index (χ2n) is 13.4. The summed E-state index contributed by atoms with van der Waals surface area (Å²) in [6, 6.07) is 24.3. The molecule has 0 saturated carbocycles. The highest BCUT2D eigenvalue weighted by atomic mass is 32.1. The summed E-state index contributed by atoms with van der Waals surface area (Å²) >= 11 is 1.71. The number of amides is 1. The van der Waals surface area contributed by atoms with Crippen LogP contribution in [0.4, 0.5) is 0 Å². The van der Waals surface area contributed by atoms with E-state index in [2.05, 4.69) is 60.0 Å². The second-order valence-corrected chi connectivity index (χ2v) is 14.4. The van der Waals surface area contributed by atoms with E-state index in [4.69, 9.17) is 29.0 Å². The predicted molar refractivity (Wildman–Crippen MR) is 206 cm³/mol. The van der Waals surface area contributed by atoms with Gasteiger partial charge in [0.15, 0.2) is 11.5 Å². The quantitative estimate of drug-likeness (QED) is 0.138. The summed E-state index contributed by atoms with van der Waals surface area (Å²) in [4.78, 5) is 22.2. The van der Waals surface area contributed by atoms with Gasteiger partial charge in [-0.2, -0.15) is 5.10 Å². The lowest BCUT2D eigenvalue weighted by molar-refractivity contribution is -0.130. The lowest BCUT2D eigenvalue weighted by Gasteiger charge is -2.34. The molecule has 0 radical (unpaired) electrons. The van der Waals surface area contributed by atoms with Gasteiger partial charge in [-0.05, 0) is 97.6 Å². The van der Waals surface area contributed by atoms with E-state index in [0.29, 0.717) is 31.4 Å². The number of thiazole rings is 1. The van der Waals surface area contributed by atoms with E-state index < -0.39 is 0 Å². The number of nitrogens with zero attached hydrogens (tertiary/aromatic N) is 5. The van der Waals surface area contributed by atoms with E-state index in [9.17, 15) is 4.79 Å². The molecular weight excluding hydrogens is 675 g/mol. The zero-order valence-corrected chi connectivity index (χ0v) is 31.5. The minimum atomic E-state index is -0.260. The van der Waals surface area contributed by atoms with Gasteiger partial charge in [-0.3, -0.25) is 14.6 Å². The van der Waals surface area contributed by atoms with Crippen molar-refractivity contribution in [3.63, 3.8) is 0 Å². The molecule has 1 fully saturated rings. The first-order chi connectivity index (χ1) is 25.2. The number of ether oxygens (including phenoxy) is 4. The largest absolute Gasteiger partial charge is 0.496 e. The molecule has 52 heavy (non-hydrogen) atoms. The summed E-state index contributed by atoms with van der Waals surface area (Å²) in [5, 5.41) is 7.36. The standard InChI is InChI=1S/C41H45N5O5S/c1-26-19-32(22-38(49-6)28(26)3)34-23-35(46(43-34)29(4)47)30-11-14-37(48-5)39(21-30)51-25-45-17-15-44(16-18-45)24-50-36-13-12-31(20-27(36)2)41-42-33-9-7-8-10-40(33)52-41/h7-14,19-22,35H,15-18,23-25H2,1-6H3. The number of benzene rings is 4. The molecule has 0 aliphatic carbocycles. The summed E-state index contributed by atoms with van der Waals surface area (Å²) in [5.41, 5.74) is 8.18. The Balaban J connectivity index is 0.942. The minimum absolute atomic E-state index is 0.118. The highest BCUT2D eigenvalue weighted by Crippen LogP contribution is 2.39. The lowest BCUT2D eigenvalue weighted by Crippen LogP contribution is -2.48. The molecule has 0 bridgehead atoms. The summed E-state index contributed by atoms with van der Waals surface area (Å²) in [7, 11) is 3.32. The number of hydrogen-bond acceptors (Lipinski definition) is 10. The molecule has 1 saturated heterocycles. The summed E-state index contributed by atoms with van der Waals surface area (Å²) < 4.78 is 25.1. The molecule has 0 spiro atoms. The van der Waals surface area contributed by atoms with E-state index in [1.807, 2.05) is 43.3 Å². The number of aromatic nitrogens is 1. The van der Waals surface area contributed by atoms with Crippen molar-refractivity contribution in [3.8, 4) is 33.6 Å². The average Bonchev–Trinajstić information content (AvgIpc) is 3.81. The fourth-order valence-corrected chi connectivity index (χ4v) is 7.72. The molecule has 1 amide bonds. The fourth-order valence-electron chi connectivity index (χ4n) is 6.76. The zero-order valence-electron chi connectivity index (χ0n) is 30.6. The van der Waals surface area contributed by atoms with E-state index >= 15 is 0 Å². The molecule has 2 aliphatic heterocycles. The van der Waals surface area contributed by atoms with Crippen LogP contribution in [0.2, 0.25) is 0 Å². The van der Waals surface area contributed by atoms with Gasteiger partial charge in [0.05, 0.1) is 36.2 Å². The molecular formula is C41H45N5O5S. The number of piperazine rings is 1. The molecule has 10 nitrogen and oxygen atoms in total. The van der Waals surface area contributed by atoms with Crippen molar-refractivity contribution in [2.45, 2.75) is 40.2 Å². The van der Waals surface area contributed by atoms with Crippen molar-refractivity contribution in [2.24, 2.45) is 5.10 Å². The highest BCUT2D eigenvalue weighted by molar-refractivity contribution is 7.21. The van der Waals surface area contributed by atoms with Crippen LogP contribution < -0.4 is 18.9 Å². The van der Waals surface area contributed by atoms with E-state index in [0.717, 1.165) is 87.3 Å². The molecule has 1 aromatic heterocycles. The van der Waals surface area contributed by atoms with Crippen LogP contribution in [0, 0.1) is 20.8 Å². The van der Waals surface area contributed by atoms with Crippen LogP contribution in [-0.4, -0.2) is 85.3 Å². The van der Waals surface area contributed by atoms with Crippen molar-refractivity contribution in [3.05, 3.63) is 101 Å². The Kier molecular flexibility index (Phi) is 10.4. The Morgan fingerprint density at radius 1 is 0.769 bits per heavy atom. The van der Waals surface area contributed by atoms with Crippen LogP contribution >= 0.6 is 11.3 Å². The molecule has 3 heterocycles. The van der Waals surface area contributed by atoms with E-state index in [1.54, 1.807) is 37.5 Å². The number of methoxy groups -OCH3 is 2. The Hall–Kier alpha value is -4.97. The monoisotopic (exact) mass is 719 g/mol. The molecule has 1 atom stereocenters. The molecule has 1 unspecified atom stereocenters. The zero-order chi connectivity index (χ0) is 36.4. The number of para-hydroxylation sites is 1. The Morgan fingerprint density at radius 2 is 1.44 bits per heavy atom. The second kappa shape index (κ2) is 15.3. The van der Waals surface area contributed by atoms with Crippen molar-refractivity contribution < 1.29 is 23.7 Å². The maximum absolute atomic E-state index is 12.8. The van der Waals surface area contributed by atoms with Gasteiger partial charge >= 0.3 is 0 Å². The number of hydrogen-bond donors (Lipinski definition) is 0. The van der Waals surface area contributed by atoms with Crippen molar-refractivity contribution in [2.75, 3.05) is 53.9 Å². The SMILES string of the molecule is COc1ccc(C2CC(c3cc(C)c(C)c(OC)c3)=NN2C(C)=O)cc1OCN1CCN(COc2ccc(-c3nc4ccccc4s3)cc2C)CC1. The molecule has 2 aliphatic rings. The molecule has 5 aromatic rings. The number of aryl methyl sites for hydroxylation is 2. The maximum Gasteiger partial charge on any atom is 0.240 e. The third-order valence-electron chi connectivity index (χ3n) is 9.96. The lowest BCUT2D eigenvalue weighted by atomic mass is 9.95. The summed E-state index contributed by atoms with van der Waals surface area (Å²) in [6.45, 7) is 12.1. The van der Waals surface area contributed by atoms with Gasteiger partial charge in [0.2, 0.25) is 5.91 Å². The van der Waals surface area contributed by atoms with Crippen LogP contribution in [-0.2, 0) is 4.79 Å². The molecule has 0 N–H and O–H groups in total. The number of fused-ring (bicyclic) bond motifs is 1. The first-order valence-electron chi connectivity index (χ1n) is 17.6. The number of hydrazone groups is 1.